The van der Waals surface area contributed by atoms with Gasteiger partial charge in [-0.15, -0.1) is 0 Å². The third-order valence-electron chi connectivity index (χ3n) is 5.21. The lowest BCUT2D eigenvalue weighted by Gasteiger charge is -2.17. The SMILES string of the molecule is CC(C)CCCCCCCCCCCCCCCCCC(C)(C)C. The maximum atomic E-state index is 2.36. The maximum absolute atomic E-state index is 2.36. The summed E-state index contributed by atoms with van der Waals surface area (Å²) in [6.07, 6.45) is 24.9. The minimum Gasteiger partial charge on any atom is -0.0628 e. The summed E-state index contributed by atoms with van der Waals surface area (Å²) >= 11 is 0. The van der Waals surface area contributed by atoms with E-state index in [2.05, 4.69) is 34.6 Å². The van der Waals surface area contributed by atoms with Gasteiger partial charge in [-0.3, -0.25) is 0 Å². The van der Waals surface area contributed by atoms with Crippen LogP contribution in [0.3, 0.4) is 0 Å². The van der Waals surface area contributed by atoms with E-state index in [9.17, 15) is 0 Å². The molecule has 0 unspecified atom stereocenters. The van der Waals surface area contributed by atoms with E-state index in [1.807, 2.05) is 0 Å². The van der Waals surface area contributed by atoms with E-state index in [-0.39, 0.29) is 0 Å². The van der Waals surface area contributed by atoms with Gasteiger partial charge in [-0.2, -0.15) is 0 Å². The largest absolute Gasteiger partial charge is 0.0628 e. The van der Waals surface area contributed by atoms with Crippen molar-refractivity contribution in [2.75, 3.05) is 0 Å². The van der Waals surface area contributed by atoms with Gasteiger partial charge < -0.3 is 0 Å². The molecule has 0 bridgehead atoms. The van der Waals surface area contributed by atoms with Gasteiger partial charge in [0.1, 0.15) is 0 Å². The van der Waals surface area contributed by atoms with Crippen molar-refractivity contribution in [2.45, 2.75) is 144 Å². The van der Waals surface area contributed by atoms with Crippen LogP contribution in [0.15, 0.2) is 0 Å². The van der Waals surface area contributed by atoms with Crippen molar-refractivity contribution in [3.05, 3.63) is 0 Å². The Balaban J connectivity index is 3.03. The second-order valence-electron chi connectivity index (χ2n) is 9.80. The molecule has 24 heavy (non-hydrogen) atoms. The molecule has 0 aliphatic rings. The van der Waals surface area contributed by atoms with Crippen LogP contribution in [0.2, 0.25) is 0 Å². The van der Waals surface area contributed by atoms with Gasteiger partial charge in [0.15, 0.2) is 0 Å². The first-order chi connectivity index (χ1) is 11.4. The van der Waals surface area contributed by atoms with Crippen LogP contribution in [0.4, 0.5) is 0 Å². The molecule has 146 valence electrons. The smallest absolute Gasteiger partial charge is 0.0383 e. The average molecular weight is 339 g/mol. The summed E-state index contributed by atoms with van der Waals surface area (Å²) < 4.78 is 0. The monoisotopic (exact) mass is 338 g/mol. The third kappa shape index (κ3) is 22.0. The second kappa shape index (κ2) is 16.5. The van der Waals surface area contributed by atoms with E-state index in [4.69, 9.17) is 0 Å². The molecule has 0 saturated carbocycles. The quantitative estimate of drug-likeness (QED) is 0.232. The Bertz CT molecular complexity index is 233. The summed E-state index contributed by atoms with van der Waals surface area (Å²) in [7, 11) is 0. The highest BCUT2D eigenvalue weighted by atomic mass is 14.1. The molecule has 0 heterocycles. The molecule has 0 saturated heterocycles. The van der Waals surface area contributed by atoms with Crippen molar-refractivity contribution in [3.63, 3.8) is 0 Å². The number of hydrogen-bond donors (Lipinski definition) is 0. The molecule has 0 aliphatic heterocycles. The predicted octanol–water partition coefficient (Wildman–Crippen LogP) is 9.32. The Hall–Kier alpha value is 0. The van der Waals surface area contributed by atoms with Crippen LogP contribution in [-0.2, 0) is 0 Å². The van der Waals surface area contributed by atoms with Crippen LogP contribution < -0.4 is 0 Å². The molecule has 0 aromatic heterocycles. The zero-order chi connectivity index (χ0) is 18.1. The van der Waals surface area contributed by atoms with E-state index in [0.717, 1.165) is 5.92 Å². The first-order valence-electron chi connectivity index (χ1n) is 11.4. The van der Waals surface area contributed by atoms with Gasteiger partial charge in [0.05, 0.1) is 0 Å². The summed E-state index contributed by atoms with van der Waals surface area (Å²) in [5.74, 6) is 0.897. The maximum Gasteiger partial charge on any atom is -0.0383 e. The molecule has 0 aliphatic carbocycles. The van der Waals surface area contributed by atoms with Gasteiger partial charge in [-0.1, -0.05) is 137 Å². The molecular formula is C24H50. The van der Waals surface area contributed by atoms with Crippen LogP contribution in [-0.4, -0.2) is 0 Å². The highest BCUT2D eigenvalue weighted by Gasteiger charge is 2.08. The van der Waals surface area contributed by atoms with E-state index >= 15 is 0 Å². The minimum absolute atomic E-state index is 0.536. The zero-order valence-corrected chi connectivity index (χ0v) is 18.1. The average Bonchev–Trinajstić information content (AvgIpc) is 2.49. The number of unbranched alkanes of at least 4 members (excludes halogenated alkanes) is 14. The molecule has 0 amide bonds. The van der Waals surface area contributed by atoms with Crippen LogP contribution in [0.1, 0.15) is 144 Å². The molecule has 0 aromatic rings. The van der Waals surface area contributed by atoms with Crippen molar-refractivity contribution in [1.82, 2.24) is 0 Å². The van der Waals surface area contributed by atoms with Gasteiger partial charge in [0, 0.05) is 0 Å². The van der Waals surface area contributed by atoms with E-state index < -0.39 is 0 Å². The summed E-state index contributed by atoms with van der Waals surface area (Å²) in [5.41, 5.74) is 0.536. The van der Waals surface area contributed by atoms with E-state index in [1.165, 1.54) is 109 Å². The fourth-order valence-corrected chi connectivity index (χ4v) is 3.51. The van der Waals surface area contributed by atoms with Gasteiger partial charge in [-0.25, -0.2) is 0 Å². The molecule has 0 heteroatoms. The first-order valence-corrected chi connectivity index (χ1v) is 11.4. The Morgan fingerprint density at radius 1 is 0.458 bits per heavy atom. The summed E-state index contributed by atoms with van der Waals surface area (Å²) in [5, 5.41) is 0. The minimum atomic E-state index is 0.536. The standard InChI is InChI=1S/C24H50/c1-23(2)21-19-17-15-13-11-9-7-6-8-10-12-14-16-18-20-22-24(3,4)5/h23H,6-22H2,1-5H3. The highest BCUT2D eigenvalue weighted by Crippen LogP contribution is 2.22. The Kier molecular flexibility index (Phi) is 16.5. The van der Waals surface area contributed by atoms with Crippen molar-refractivity contribution >= 4 is 0 Å². The van der Waals surface area contributed by atoms with Gasteiger partial charge in [0.25, 0.3) is 0 Å². The molecule has 0 fully saturated rings. The molecular weight excluding hydrogens is 288 g/mol. The molecule has 0 spiro atoms. The van der Waals surface area contributed by atoms with Crippen molar-refractivity contribution < 1.29 is 0 Å². The van der Waals surface area contributed by atoms with Gasteiger partial charge in [-0.05, 0) is 17.8 Å². The van der Waals surface area contributed by atoms with Crippen LogP contribution >= 0.6 is 0 Å². The predicted molar refractivity (Wildman–Crippen MR) is 113 cm³/mol. The van der Waals surface area contributed by atoms with Crippen molar-refractivity contribution in [2.24, 2.45) is 11.3 Å². The molecule has 0 radical (unpaired) electrons. The molecule has 0 nitrogen and oxygen atoms in total. The zero-order valence-electron chi connectivity index (χ0n) is 18.1. The fourth-order valence-electron chi connectivity index (χ4n) is 3.51. The van der Waals surface area contributed by atoms with Crippen LogP contribution in [0.25, 0.3) is 0 Å². The normalized spacial score (nSPS) is 12.2. The molecule has 0 N–H and O–H groups in total. The van der Waals surface area contributed by atoms with Crippen molar-refractivity contribution in [1.29, 1.82) is 0 Å². The number of hydrogen-bond acceptors (Lipinski definition) is 0. The van der Waals surface area contributed by atoms with Gasteiger partial charge >= 0.3 is 0 Å². The lowest BCUT2D eigenvalue weighted by Crippen LogP contribution is -2.03. The Morgan fingerprint density at radius 2 is 0.750 bits per heavy atom. The highest BCUT2D eigenvalue weighted by molar-refractivity contribution is 4.61. The Morgan fingerprint density at radius 3 is 1.04 bits per heavy atom. The fraction of sp³-hybridized carbons (Fsp3) is 1.00. The third-order valence-corrected chi connectivity index (χ3v) is 5.21. The van der Waals surface area contributed by atoms with E-state index in [0.29, 0.717) is 5.41 Å². The lowest BCUT2D eigenvalue weighted by atomic mass is 9.89. The number of rotatable bonds is 17. The molecule has 0 aromatic carbocycles. The van der Waals surface area contributed by atoms with Crippen LogP contribution in [0, 0.1) is 11.3 Å². The Labute approximate surface area is 155 Å². The first kappa shape index (κ1) is 24.0. The van der Waals surface area contributed by atoms with Gasteiger partial charge in [0.2, 0.25) is 0 Å². The summed E-state index contributed by atoms with van der Waals surface area (Å²) in [4.78, 5) is 0. The topological polar surface area (TPSA) is 0 Å². The van der Waals surface area contributed by atoms with Crippen LogP contribution in [0.5, 0.6) is 0 Å². The lowest BCUT2D eigenvalue weighted by molar-refractivity contribution is 0.356. The van der Waals surface area contributed by atoms with Crippen molar-refractivity contribution in [3.8, 4) is 0 Å². The second-order valence-corrected chi connectivity index (χ2v) is 9.80. The molecule has 0 atom stereocenters. The van der Waals surface area contributed by atoms with E-state index in [1.54, 1.807) is 0 Å². The molecule has 0 rings (SSSR count). The summed E-state index contributed by atoms with van der Waals surface area (Å²) in [6.45, 7) is 11.8. The summed E-state index contributed by atoms with van der Waals surface area (Å²) in [6, 6.07) is 0.